The second-order valence-electron chi connectivity index (χ2n) is 7.16. The van der Waals surface area contributed by atoms with E-state index < -0.39 is 0 Å². The smallest absolute Gasteiger partial charge is 0.133 e. The van der Waals surface area contributed by atoms with Crippen LogP contribution in [-0.4, -0.2) is 40.4 Å². The van der Waals surface area contributed by atoms with Crippen molar-refractivity contribution in [2.75, 3.05) is 13.1 Å². The number of aromatic hydroxyl groups is 1. The Bertz CT molecular complexity index is 647. The zero-order chi connectivity index (χ0) is 15.3. The molecule has 1 saturated heterocycles. The monoisotopic (exact) mass is 351 g/mol. The van der Waals surface area contributed by atoms with Gasteiger partial charge in [0, 0.05) is 30.8 Å². The number of hydrogen-bond acceptors (Lipinski definition) is 3. The van der Waals surface area contributed by atoms with Crippen molar-refractivity contribution >= 4 is 18.2 Å². The van der Waals surface area contributed by atoms with Gasteiger partial charge in [0.25, 0.3) is 0 Å². The van der Waals surface area contributed by atoms with Crippen LogP contribution in [0.4, 0.5) is 0 Å². The first-order valence-electron chi connectivity index (χ1n) is 8.33. The molecule has 0 aromatic heterocycles. The minimum absolute atomic E-state index is 0. The van der Waals surface area contributed by atoms with Gasteiger partial charge in [-0.2, -0.15) is 0 Å². The highest BCUT2D eigenvalue weighted by molar-refractivity contribution is 5.85. The lowest BCUT2D eigenvalue weighted by molar-refractivity contribution is -0.127. The molecule has 0 amide bonds. The number of Topliss-reactive ketones (excluding diaryl/α,β-unsaturated/α-hetero) is 1. The fourth-order valence-corrected chi connectivity index (χ4v) is 5.29. The van der Waals surface area contributed by atoms with Gasteiger partial charge < -0.3 is 10.6 Å². The number of hydrogen-bond donors (Lipinski definition) is 1. The Kier molecular flexibility index (Phi) is 5.43. The molecule has 2 aliphatic carbocycles. The number of benzene rings is 1. The zero-order valence-corrected chi connectivity index (χ0v) is 14.6. The molecule has 5 heteroatoms. The molecule has 0 unspecified atom stereocenters. The Morgan fingerprint density at radius 3 is 2.96 bits per heavy atom. The van der Waals surface area contributed by atoms with E-state index in [4.69, 9.17) is 0 Å². The quantitative estimate of drug-likeness (QED) is 0.832. The summed E-state index contributed by atoms with van der Waals surface area (Å²) in [5, 5.41) is 9.97. The van der Waals surface area contributed by atoms with E-state index in [2.05, 4.69) is 17.5 Å². The number of carbonyl (C=O) groups is 1. The Morgan fingerprint density at radius 2 is 2.21 bits per heavy atom. The van der Waals surface area contributed by atoms with E-state index in [0.717, 1.165) is 38.8 Å². The Hall–Kier alpha value is -1.36. The summed E-state index contributed by atoms with van der Waals surface area (Å²) in [6.45, 7) is 5.85. The summed E-state index contributed by atoms with van der Waals surface area (Å²) in [6, 6.07) is 6.29. The van der Waals surface area contributed by atoms with E-state index in [1.165, 1.54) is 11.1 Å². The van der Waals surface area contributed by atoms with Gasteiger partial charge in [-0.1, -0.05) is 12.1 Å². The number of phenols is 1. The van der Waals surface area contributed by atoms with Crippen molar-refractivity contribution in [2.24, 2.45) is 5.92 Å². The average Bonchev–Trinajstić information content (AvgIpc) is 2.50. The Balaban J connectivity index is 0.00000104. The van der Waals surface area contributed by atoms with Crippen molar-refractivity contribution in [1.82, 2.24) is 4.90 Å². The van der Waals surface area contributed by atoms with Gasteiger partial charge in [-0.25, -0.2) is 0 Å². The number of rotatable bonds is 2. The van der Waals surface area contributed by atoms with Crippen LogP contribution in [0.5, 0.6) is 5.75 Å². The van der Waals surface area contributed by atoms with E-state index in [-0.39, 0.29) is 23.3 Å². The van der Waals surface area contributed by atoms with Gasteiger partial charge in [-0.3, -0.25) is 9.69 Å². The van der Waals surface area contributed by atoms with E-state index in [1.54, 1.807) is 6.07 Å². The maximum Gasteiger partial charge on any atom is 0.133 e. The molecule has 4 nitrogen and oxygen atoms in total. The van der Waals surface area contributed by atoms with Gasteiger partial charge in [-0.15, -0.1) is 19.0 Å². The normalized spacial score (nSPS) is 31.1. The lowest BCUT2D eigenvalue weighted by Crippen LogP contribution is -2.61. The number of likely N-dealkylation sites (tertiary alicyclic amines) is 1. The van der Waals surface area contributed by atoms with Crippen molar-refractivity contribution in [2.45, 2.75) is 43.6 Å². The van der Waals surface area contributed by atoms with Crippen LogP contribution in [0.15, 0.2) is 30.9 Å². The van der Waals surface area contributed by atoms with Crippen LogP contribution in [0.3, 0.4) is 0 Å². The first kappa shape index (κ1) is 19.0. The summed E-state index contributed by atoms with van der Waals surface area (Å²) in [4.78, 5) is 14.8. The standard InChI is InChI=1S/C19H23NO2.ClH.H2O/c1-2-8-20-9-7-19-12-15(22)5-6-16(19)18(20)10-13-3-4-14(21)11-17(13)19;;/h2-4,11,16,18,21H,1,5-10,12H2;1H;1H2/t16-,18-,19+;;/m0../s1. The van der Waals surface area contributed by atoms with Crippen LogP contribution in [0.2, 0.25) is 0 Å². The SMILES string of the molecule is C=CCN1CC[C@@]23CC(=O)CC[C@H]2[C@@H]1Cc1ccc(O)cc13.Cl.O. The zero-order valence-electron chi connectivity index (χ0n) is 13.8. The van der Waals surface area contributed by atoms with Gasteiger partial charge >= 0.3 is 0 Å². The third kappa shape index (κ3) is 2.67. The van der Waals surface area contributed by atoms with Gasteiger partial charge in [-0.05, 0) is 55.0 Å². The van der Waals surface area contributed by atoms with Crippen LogP contribution < -0.4 is 0 Å². The number of nitrogens with zero attached hydrogens (tertiary/aromatic N) is 1. The molecule has 1 heterocycles. The first-order chi connectivity index (χ1) is 10.6. The largest absolute Gasteiger partial charge is 0.508 e. The highest BCUT2D eigenvalue weighted by Gasteiger charge is 2.55. The molecular formula is C19H26ClNO3. The molecule has 4 rings (SSSR count). The number of piperidine rings is 1. The lowest BCUT2D eigenvalue weighted by atomic mass is 9.52. The summed E-state index contributed by atoms with van der Waals surface area (Å²) in [5.41, 5.74) is 2.53. The van der Waals surface area contributed by atoms with Gasteiger partial charge in [0.05, 0.1) is 0 Å². The predicted molar refractivity (Wildman–Crippen MR) is 96.9 cm³/mol. The van der Waals surface area contributed by atoms with E-state index in [9.17, 15) is 9.90 Å². The van der Waals surface area contributed by atoms with Crippen LogP contribution in [0.1, 0.15) is 36.8 Å². The number of ketones is 1. The molecule has 1 aliphatic heterocycles. The van der Waals surface area contributed by atoms with Crippen molar-refractivity contribution in [3.8, 4) is 5.75 Å². The number of fused-ring (bicyclic) bond motifs is 1. The third-order valence-corrected chi connectivity index (χ3v) is 6.16. The molecule has 2 fully saturated rings. The second-order valence-corrected chi connectivity index (χ2v) is 7.16. The van der Waals surface area contributed by atoms with Crippen molar-refractivity contribution in [1.29, 1.82) is 0 Å². The maximum absolute atomic E-state index is 12.2. The topological polar surface area (TPSA) is 72.0 Å². The lowest BCUT2D eigenvalue weighted by Gasteiger charge is -2.58. The first-order valence-corrected chi connectivity index (χ1v) is 8.33. The molecular weight excluding hydrogens is 326 g/mol. The molecule has 3 atom stereocenters. The fourth-order valence-electron chi connectivity index (χ4n) is 5.29. The minimum atomic E-state index is -0.0377. The number of phenolic OH excluding ortho intramolecular Hbond substituents is 1. The summed E-state index contributed by atoms with van der Waals surface area (Å²) >= 11 is 0. The Morgan fingerprint density at radius 1 is 1.42 bits per heavy atom. The molecule has 3 aliphatic rings. The highest BCUT2D eigenvalue weighted by atomic mass is 35.5. The summed E-state index contributed by atoms with van der Waals surface area (Å²) in [6.07, 6.45) is 6.42. The fraction of sp³-hybridized carbons (Fsp3) is 0.526. The molecule has 0 radical (unpaired) electrons. The van der Waals surface area contributed by atoms with Gasteiger partial charge in [0.1, 0.15) is 11.5 Å². The van der Waals surface area contributed by atoms with Crippen LogP contribution in [-0.2, 0) is 16.6 Å². The Labute approximate surface area is 149 Å². The molecule has 3 N–H and O–H groups in total. The van der Waals surface area contributed by atoms with Gasteiger partial charge in [0.2, 0.25) is 0 Å². The molecule has 1 saturated carbocycles. The van der Waals surface area contributed by atoms with E-state index in [0.29, 0.717) is 29.9 Å². The van der Waals surface area contributed by atoms with Crippen LogP contribution in [0.25, 0.3) is 0 Å². The van der Waals surface area contributed by atoms with Crippen molar-refractivity contribution in [3.63, 3.8) is 0 Å². The molecule has 0 spiro atoms. The molecule has 1 aromatic rings. The summed E-state index contributed by atoms with van der Waals surface area (Å²) in [7, 11) is 0. The predicted octanol–water partition coefficient (Wildman–Crippen LogP) is 2.41. The minimum Gasteiger partial charge on any atom is -0.508 e. The third-order valence-electron chi connectivity index (χ3n) is 6.16. The molecule has 2 bridgehead atoms. The van der Waals surface area contributed by atoms with Crippen LogP contribution >= 0.6 is 12.4 Å². The van der Waals surface area contributed by atoms with Gasteiger partial charge in [0.15, 0.2) is 0 Å². The highest BCUT2D eigenvalue weighted by Crippen LogP contribution is 2.55. The molecule has 24 heavy (non-hydrogen) atoms. The number of halogens is 1. The molecule has 1 aromatic carbocycles. The second kappa shape index (κ2) is 6.87. The maximum atomic E-state index is 12.2. The molecule has 132 valence electrons. The summed E-state index contributed by atoms with van der Waals surface area (Å²) < 4.78 is 0. The van der Waals surface area contributed by atoms with Crippen molar-refractivity contribution in [3.05, 3.63) is 42.0 Å². The average molecular weight is 352 g/mol. The number of carbonyl (C=O) groups excluding carboxylic acids is 1. The van der Waals surface area contributed by atoms with E-state index in [1.807, 2.05) is 12.1 Å². The summed E-state index contributed by atoms with van der Waals surface area (Å²) in [5.74, 6) is 1.26. The van der Waals surface area contributed by atoms with Crippen molar-refractivity contribution < 1.29 is 15.4 Å². The van der Waals surface area contributed by atoms with Crippen LogP contribution in [0, 0.1) is 5.92 Å². The van der Waals surface area contributed by atoms with E-state index >= 15 is 0 Å².